The summed E-state index contributed by atoms with van der Waals surface area (Å²) in [5.41, 5.74) is 1.05. The van der Waals surface area contributed by atoms with E-state index in [0.717, 1.165) is 25.4 Å². The van der Waals surface area contributed by atoms with Gasteiger partial charge in [-0.3, -0.25) is 10.00 Å². The largest absolute Gasteiger partial charge is 0.492 e. The van der Waals surface area contributed by atoms with Crippen LogP contribution < -0.4 is 4.74 Å². The number of halogens is 1. The Morgan fingerprint density at radius 1 is 1.33 bits per heavy atom. The maximum absolute atomic E-state index is 12.8. The highest BCUT2D eigenvalue weighted by atomic mass is 19.1. The van der Waals surface area contributed by atoms with Gasteiger partial charge in [0, 0.05) is 19.3 Å². The number of nitrogens with one attached hydrogen (secondary N) is 1. The molecule has 1 aliphatic heterocycles. The number of hydrogen-bond donors (Lipinski definition) is 1. The number of morpholine rings is 1. The molecule has 1 aliphatic rings. The zero-order chi connectivity index (χ0) is 14.5. The molecule has 0 saturated carbocycles. The summed E-state index contributed by atoms with van der Waals surface area (Å²) in [6, 6.07) is 8.22. The number of hydrogen-bond acceptors (Lipinski definition) is 4. The second-order valence-corrected chi connectivity index (χ2v) is 4.94. The first-order valence-corrected chi connectivity index (χ1v) is 7.02. The van der Waals surface area contributed by atoms with Gasteiger partial charge in [0.1, 0.15) is 18.2 Å². The summed E-state index contributed by atoms with van der Waals surface area (Å²) in [4.78, 5) is 2.31. The summed E-state index contributed by atoms with van der Waals surface area (Å²) >= 11 is 0. The van der Waals surface area contributed by atoms with Crippen LogP contribution in [0.3, 0.4) is 0 Å². The van der Waals surface area contributed by atoms with Crippen molar-refractivity contribution in [2.45, 2.75) is 6.04 Å². The van der Waals surface area contributed by atoms with E-state index in [-0.39, 0.29) is 11.9 Å². The molecule has 1 fully saturated rings. The van der Waals surface area contributed by atoms with E-state index in [2.05, 4.69) is 15.1 Å². The van der Waals surface area contributed by atoms with Gasteiger partial charge in [0.25, 0.3) is 0 Å². The number of ether oxygens (including phenoxy) is 2. The molecule has 112 valence electrons. The van der Waals surface area contributed by atoms with E-state index >= 15 is 0 Å². The summed E-state index contributed by atoms with van der Waals surface area (Å²) in [5, 5.41) is 6.99. The molecule has 3 rings (SSSR count). The highest BCUT2D eigenvalue weighted by Gasteiger charge is 2.25. The van der Waals surface area contributed by atoms with Gasteiger partial charge in [-0.1, -0.05) is 0 Å². The molecule has 21 heavy (non-hydrogen) atoms. The minimum absolute atomic E-state index is 0.179. The molecule has 1 aromatic carbocycles. The van der Waals surface area contributed by atoms with Crippen LogP contribution in [0, 0.1) is 5.82 Å². The van der Waals surface area contributed by atoms with Crippen LogP contribution >= 0.6 is 0 Å². The Balaban J connectivity index is 1.54. The minimum Gasteiger partial charge on any atom is -0.492 e. The molecule has 0 bridgehead atoms. The molecule has 5 nitrogen and oxygen atoms in total. The third-order valence-electron chi connectivity index (χ3n) is 3.58. The van der Waals surface area contributed by atoms with Gasteiger partial charge in [0.05, 0.1) is 24.9 Å². The molecule has 0 radical (unpaired) electrons. The van der Waals surface area contributed by atoms with E-state index in [1.54, 1.807) is 18.3 Å². The molecular formula is C15H18FN3O2. The van der Waals surface area contributed by atoms with Crippen molar-refractivity contribution in [2.24, 2.45) is 0 Å². The summed E-state index contributed by atoms with van der Waals surface area (Å²) in [6.07, 6.45) is 1.75. The van der Waals surface area contributed by atoms with Crippen molar-refractivity contribution in [2.75, 3.05) is 32.9 Å². The molecule has 0 amide bonds. The average Bonchev–Trinajstić information content (AvgIpc) is 3.04. The minimum atomic E-state index is -0.255. The highest BCUT2D eigenvalue weighted by Crippen LogP contribution is 2.22. The molecule has 0 unspecified atom stereocenters. The Bertz CT molecular complexity index is 545. The Labute approximate surface area is 122 Å². The van der Waals surface area contributed by atoms with Gasteiger partial charge in [0.2, 0.25) is 0 Å². The third-order valence-corrected chi connectivity index (χ3v) is 3.58. The van der Waals surface area contributed by atoms with Gasteiger partial charge in [-0.2, -0.15) is 5.10 Å². The zero-order valence-corrected chi connectivity index (χ0v) is 11.7. The number of rotatable bonds is 5. The molecular weight excluding hydrogens is 273 g/mol. The lowest BCUT2D eigenvalue weighted by Gasteiger charge is -2.34. The van der Waals surface area contributed by atoms with Crippen molar-refractivity contribution in [3.8, 4) is 5.75 Å². The van der Waals surface area contributed by atoms with Gasteiger partial charge < -0.3 is 9.47 Å². The summed E-state index contributed by atoms with van der Waals surface area (Å²) in [6.45, 7) is 3.57. The first-order chi connectivity index (χ1) is 10.3. The third kappa shape index (κ3) is 3.59. The monoisotopic (exact) mass is 291 g/mol. The molecule has 2 heterocycles. The Hall–Kier alpha value is -1.92. The molecule has 1 saturated heterocycles. The Kier molecular flexibility index (Phi) is 4.47. The lowest BCUT2D eigenvalue weighted by atomic mass is 10.1. The van der Waals surface area contributed by atoms with Gasteiger partial charge in [0.15, 0.2) is 0 Å². The average molecular weight is 291 g/mol. The van der Waals surface area contributed by atoms with Crippen LogP contribution in [0.1, 0.15) is 11.7 Å². The molecule has 0 spiro atoms. The smallest absolute Gasteiger partial charge is 0.123 e. The van der Waals surface area contributed by atoms with Gasteiger partial charge >= 0.3 is 0 Å². The van der Waals surface area contributed by atoms with Crippen LogP contribution in [0.2, 0.25) is 0 Å². The van der Waals surface area contributed by atoms with Crippen LogP contribution in [-0.4, -0.2) is 48.0 Å². The molecule has 6 heteroatoms. The number of H-pyrrole nitrogens is 1. The first kappa shape index (κ1) is 14.0. The standard InChI is InChI=1S/C15H18FN3O2/c16-12-1-3-13(4-2-12)21-10-8-19-7-9-20-11-15(19)14-5-6-17-18-14/h1-6,15H,7-11H2,(H,17,18)/t15-/m1/s1. The summed E-state index contributed by atoms with van der Waals surface area (Å²) < 4.78 is 24.0. The normalized spacial score (nSPS) is 19.6. The molecule has 1 aromatic heterocycles. The summed E-state index contributed by atoms with van der Waals surface area (Å²) in [5.74, 6) is 0.428. The SMILES string of the molecule is Fc1ccc(OCCN2CCOC[C@@H]2c2ccn[nH]2)cc1. The second kappa shape index (κ2) is 6.69. The molecule has 1 N–H and O–H groups in total. The number of aromatic nitrogens is 2. The van der Waals surface area contributed by atoms with Crippen molar-refractivity contribution in [1.82, 2.24) is 15.1 Å². The van der Waals surface area contributed by atoms with E-state index in [1.165, 1.54) is 12.1 Å². The number of nitrogens with zero attached hydrogens (tertiary/aromatic N) is 2. The van der Waals surface area contributed by atoms with Crippen LogP contribution in [0.4, 0.5) is 4.39 Å². The predicted octanol–water partition coefficient (Wildman–Crippen LogP) is 2.00. The Morgan fingerprint density at radius 3 is 2.95 bits per heavy atom. The van der Waals surface area contributed by atoms with E-state index in [0.29, 0.717) is 19.0 Å². The number of benzene rings is 1. The summed E-state index contributed by atoms with van der Waals surface area (Å²) in [7, 11) is 0. The van der Waals surface area contributed by atoms with Crippen LogP contribution in [0.25, 0.3) is 0 Å². The first-order valence-electron chi connectivity index (χ1n) is 7.02. The topological polar surface area (TPSA) is 50.4 Å². The van der Waals surface area contributed by atoms with E-state index in [1.807, 2.05) is 6.07 Å². The van der Waals surface area contributed by atoms with Crippen LogP contribution in [0.15, 0.2) is 36.5 Å². The van der Waals surface area contributed by atoms with Crippen molar-refractivity contribution in [1.29, 1.82) is 0 Å². The fourth-order valence-electron chi connectivity index (χ4n) is 2.46. The second-order valence-electron chi connectivity index (χ2n) is 4.94. The van der Waals surface area contributed by atoms with Crippen molar-refractivity contribution in [3.05, 3.63) is 48.0 Å². The van der Waals surface area contributed by atoms with Crippen LogP contribution in [0.5, 0.6) is 5.75 Å². The quantitative estimate of drug-likeness (QED) is 0.915. The number of aromatic amines is 1. The van der Waals surface area contributed by atoms with E-state index in [4.69, 9.17) is 9.47 Å². The highest BCUT2D eigenvalue weighted by molar-refractivity contribution is 5.22. The molecule has 0 aliphatic carbocycles. The van der Waals surface area contributed by atoms with E-state index in [9.17, 15) is 4.39 Å². The van der Waals surface area contributed by atoms with Crippen molar-refractivity contribution >= 4 is 0 Å². The maximum atomic E-state index is 12.8. The fourth-order valence-corrected chi connectivity index (χ4v) is 2.46. The maximum Gasteiger partial charge on any atom is 0.123 e. The van der Waals surface area contributed by atoms with Crippen molar-refractivity contribution < 1.29 is 13.9 Å². The fraction of sp³-hybridized carbons (Fsp3) is 0.400. The van der Waals surface area contributed by atoms with Crippen molar-refractivity contribution in [3.63, 3.8) is 0 Å². The zero-order valence-electron chi connectivity index (χ0n) is 11.7. The van der Waals surface area contributed by atoms with Crippen LogP contribution in [-0.2, 0) is 4.74 Å². The Morgan fingerprint density at radius 2 is 2.19 bits per heavy atom. The van der Waals surface area contributed by atoms with E-state index < -0.39 is 0 Å². The lowest BCUT2D eigenvalue weighted by Crippen LogP contribution is -2.41. The lowest BCUT2D eigenvalue weighted by molar-refractivity contribution is -0.0147. The molecule has 2 aromatic rings. The van der Waals surface area contributed by atoms with Gasteiger partial charge in [-0.15, -0.1) is 0 Å². The van der Waals surface area contributed by atoms with Gasteiger partial charge in [-0.25, -0.2) is 4.39 Å². The predicted molar refractivity (Wildman–Crippen MR) is 75.6 cm³/mol. The van der Waals surface area contributed by atoms with Gasteiger partial charge in [-0.05, 0) is 30.3 Å². The molecule has 1 atom stereocenters.